The zero-order valence-electron chi connectivity index (χ0n) is 11.1. The van der Waals surface area contributed by atoms with Crippen LogP contribution in [0.1, 0.15) is 10.4 Å². The van der Waals surface area contributed by atoms with E-state index in [1.165, 1.54) is 5.32 Å². The maximum absolute atomic E-state index is 13.6. The highest BCUT2D eigenvalue weighted by Gasteiger charge is 2.63. The largest absolute Gasteiger partial charge is 0.545 e. The topological polar surface area (TPSA) is 122 Å². The number of hydrogen-bond donors (Lipinski definition) is 1. The van der Waals surface area contributed by atoms with Crippen LogP contribution in [0, 0.1) is 10.1 Å². The molecule has 23 heavy (non-hydrogen) atoms. The Morgan fingerprint density at radius 1 is 1.22 bits per heavy atom. The van der Waals surface area contributed by atoms with Crippen LogP contribution in [-0.2, 0) is 9.53 Å². The number of nitrogens with one attached hydrogen (secondary N) is 1. The van der Waals surface area contributed by atoms with E-state index in [4.69, 9.17) is 0 Å². The molecule has 0 bridgehead atoms. The van der Waals surface area contributed by atoms with Gasteiger partial charge in [0, 0.05) is 30.5 Å². The van der Waals surface area contributed by atoms with Gasteiger partial charge in [-0.05, 0) is 6.07 Å². The molecule has 8 nitrogen and oxygen atoms in total. The number of hydrogen-bond acceptors (Lipinski definition) is 6. The molecule has 0 spiro atoms. The molecule has 1 rings (SSSR count). The molecule has 0 saturated heterocycles. The molecule has 0 unspecified atom stereocenters. The van der Waals surface area contributed by atoms with Gasteiger partial charge in [-0.15, -0.1) is 0 Å². The number of carboxylic acid groups (broad SMARTS) is 1. The maximum atomic E-state index is 13.6. The van der Waals surface area contributed by atoms with E-state index in [0.717, 1.165) is 0 Å². The minimum atomic E-state index is -5.73. The summed E-state index contributed by atoms with van der Waals surface area (Å²) < 4.78 is 54.6. The number of methoxy groups -OCH3 is 1. The van der Waals surface area contributed by atoms with E-state index in [-0.39, 0.29) is 7.11 Å². The van der Waals surface area contributed by atoms with Crippen molar-refractivity contribution in [3.05, 3.63) is 33.9 Å². The number of carbonyl (C=O) groups is 2. The van der Waals surface area contributed by atoms with Gasteiger partial charge >= 0.3 is 12.0 Å². The van der Waals surface area contributed by atoms with Gasteiger partial charge in [0.1, 0.15) is 0 Å². The second-order valence-corrected chi connectivity index (χ2v) is 4.06. The number of nitro benzene ring substituents is 1. The van der Waals surface area contributed by atoms with Crippen molar-refractivity contribution in [2.45, 2.75) is 12.0 Å². The lowest BCUT2D eigenvalue weighted by molar-refractivity contribution is -0.384. The summed E-state index contributed by atoms with van der Waals surface area (Å²) in [7, 11) is 0.285. The summed E-state index contributed by atoms with van der Waals surface area (Å²) >= 11 is 0. The second-order valence-electron chi connectivity index (χ2n) is 4.06. The fourth-order valence-electron chi connectivity index (χ4n) is 1.46. The van der Waals surface area contributed by atoms with E-state index in [9.17, 15) is 42.4 Å². The molecule has 1 N–H and O–H groups in total. The summed E-state index contributed by atoms with van der Waals surface area (Å²) in [6.45, 7) is 0. The molecular formula is C11H7F4N2O6-. The van der Waals surface area contributed by atoms with Crippen LogP contribution in [0.2, 0.25) is 0 Å². The standard InChI is InChI=1S/C11H8F4N2O6/c1-23-10(12,11(13,14)15)9(20)16-6-2-5(8(18)19)3-7(4-6)17(21)22/h2-4H,1H3,(H,16,20)(H,18,19)/p-1/t10-/m1/s1. The van der Waals surface area contributed by atoms with E-state index in [0.29, 0.717) is 18.2 Å². The van der Waals surface area contributed by atoms with Crippen LogP contribution in [0.15, 0.2) is 18.2 Å². The van der Waals surface area contributed by atoms with Gasteiger partial charge in [0.15, 0.2) is 0 Å². The first kappa shape index (κ1) is 18.3. The summed E-state index contributed by atoms with van der Waals surface area (Å²) in [6, 6.07) is 1.65. The molecule has 12 heteroatoms. The van der Waals surface area contributed by atoms with Gasteiger partial charge in [0.05, 0.1) is 10.9 Å². The summed E-state index contributed by atoms with van der Waals surface area (Å²) in [5, 5.41) is 22.7. The van der Waals surface area contributed by atoms with E-state index < -0.39 is 45.8 Å². The molecule has 0 aliphatic heterocycles. The van der Waals surface area contributed by atoms with Gasteiger partial charge < -0.3 is 20.0 Å². The van der Waals surface area contributed by atoms with Crippen molar-refractivity contribution in [1.82, 2.24) is 0 Å². The normalized spacial score (nSPS) is 14.0. The highest BCUT2D eigenvalue weighted by atomic mass is 19.4. The maximum Gasteiger partial charge on any atom is 0.458 e. The Hall–Kier alpha value is -2.76. The minimum Gasteiger partial charge on any atom is -0.545 e. The number of nitro groups is 1. The lowest BCUT2D eigenvalue weighted by Crippen LogP contribution is -2.52. The summed E-state index contributed by atoms with van der Waals surface area (Å²) in [6.07, 6.45) is -5.73. The Kier molecular flexibility index (Phi) is 4.90. The number of nitrogens with zero attached hydrogens (tertiary/aromatic N) is 1. The van der Waals surface area contributed by atoms with Gasteiger partial charge in [-0.25, -0.2) is 0 Å². The van der Waals surface area contributed by atoms with Crippen molar-refractivity contribution in [1.29, 1.82) is 0 Å². The Morgan fingerprint density at radius 2 is 1.78 bits per heavy atom. The summed E-state index contributed by atoms with van der Waals surface area (Å²) in [5.74, 6) is -8.95. The van der Waals surface area contributed by atoms with Gasteiger partial charge in [-0.1, -0.05) is 0 Å². The van der Waals surface area contributed by atoms with Crippen LogP contribution in [0.4, 0.5) is 28.9 Å². The molecule has 0 saturated carbocycles. The number of carbonyl (C=O) groups excluding carboxylic acids is 2. The van der Waals surface area contributed by atoms with Crippen molar-refractivity contribution in [2.75, 3.05) is 12.4 Å². The van der Waals surface area contributed by atoms with E-state index in [1.807, 2.05) is 0 Å². The fourth-order valence-corrected chi connectivity index (χ4v) is 1.46. The number of carboxylic acids is 1. The third kappa shape index (κ3) is 3.71. The molecule has 126 valence electrons. The number of rotatable bonds is 5. The molecular weight excluding hydrogens is 332 g/mol. The number of non-ortho nitro benzene ring substituents is 1. The minimum absolute atomic E-state index is 0.285. The highest BCUT2D eigenvalue weighted by Crippen LogP contribution is 2.36. The quantitative estimate of drug-likeness (QED) is 0.480. The number of benzene rings is 1. The van der Waals surface area contributed by atoms with E-state index in [1.54, 1.807) is 0 Å². The lowest BCUT2D eigenvalue weighted by Gasteiger charge is -2.24. The Balaban J connectivity index is 3.25. The zero-order valence-corrected chi connectivity index (χ0v) is 11.1. The van der Waals surface area contributed by atoms with Gasteiger partial charge in [-0.3, -0.25) is 14.9 Å². The molecule has 0 fully saturated rings. The number of halogens is 4. The third-order valence-electron chi connectivity index (χ3n) is 2.56. The zero-order chi connectivity index (χ0) is 18.0. The molecule has 1 aromatic rings. The van der Waals surface area contributed by atoms with Gasteiger partial charge in [-0.2, -0.15) is 17.6 Å². The average Bonchev–Trinajstić information content (AvgIpc) is 2.44. The predicted molar refractivity (Wildman–Crippen MR) is 63.0 cm³/mol. The fraction of sp³-hybridized carbons (Fsp3) is 0.273. The Bertz CT molecular complexity index is 630. The van der Waals surface area contributed by atoms with Crippen molar-refractivity contribution >= 4 is 23.3 Å². The van der Waals surface area contributed by atoms with Crippen LogP contribution in [0.3, 0.4) is 0 Å². The monoisotopic (exact) mass is 339 g/mol. The van der Waals surface area contributed by atoms with E-state index >= 15 is 0 Å². The third-order valence-corrected chi connectivity index (χ3v) is 2.56. The lowest BCUT2D eigenvalue weighted by atomic mass is 10.1. The molecule has 0 aromatic heterocycles. The van der Waals surface area contributed by atoms with Crippen molar-refractivity contribution in [3.8, 4) is 0 Å². The highest BCUT2D eigenvalue weighted by molar-refractivity contribution is 5.98. The number of alkyl halides is 4. The van der Waals surface area contributed by atoms with Crippen molar-refractivity contribution in [2.24, 2.45) is 0 Å². The van der Waals surface area contributed by atoms with Crippen LogP contribution in [0.25, 0.3) is 0 Å². The first-order valence-electron chi connectivity index (χ1n) is 5.55. The molecule has 0 aliphatic carbocycles. The van der Waals surface area contributed by atoms with Crippen molar-refractivity contribution in [3.63, 3.8) is 0 Å². The van der Waals surface area contributed by atoms with Crippen LogP contribution in [0.5, 0.6) is 0 Å². The number of aromatic carboxylic acids is 1. The second kappa shape index (κ2) is 6.16. The first-order chi connectivity index (χ1) is 10.4. The predicted octanol–water partition coefficient (Wildman–Crippen LogP) is 0.771. The van der Waals surface area contributed by atoms with Gasteiger partial charge in [0.25, 0.3) is 11.6 Å². The van der Waals surface area contributed by atoms with E-state index in [2.05, 4.69) is 4.74 Å². The molecule has 0 aliphatic rings. The van der Waals surface area contributed by atoms with Crippen LogP contribution >= 0.6 is 0 Å². The Labute approximate surface area is 124 Å². The molecule has 1 amide bonds. The molecule has 0 heterocycles. The van der Waals surface area contributed by atoms with Crippen molar-refractivity contribution < 1.29 is 41.9 Å². The number of amides is 1. The SMILES string of the molecule is CO[C@](F)(C(=O)Nc1cc(C(=O)[O-])cc([N+](=O)[O-])c1)C(F)(F)F. The summed E-state index contributed by atoms with van der Waals surface area (Å²) in [4.78, 5) is 31.7. The number of ether oxygens (including phenoxy) is 1. The smallest absolute Gasteiger partial charge is 0.458 e. The molecule has 0 radical (unpaired) electrons. The van der Waals surface area contributed by atoms with Gasteiger partial charge in [0.2, 0.25) is 0 Å². The van der Waals surface area contributed by atoms with Crippen LogP contribution in [-0.4, -0.2) is 35.9 Å². The van der Waals surface area contributed by atoms with Crippen LogP contribution < -0.4 is 10.4 Å². The average molecular weight is 339 g/mol. The molecule has 1 atom stereocenters. The molecule has 1 aromatic carbocycles. The first-order valence-corrected chi connectivity index (χ1v) is 5.55. The number of anilines is 1. The Morgan fingerprint density at radius 3 is 2.17 bits per heavy atom. The summed E-state index contributed by atoms with van der Waals surface area (Å²) in [5.41, 5.74) is -2.43.